The largest absolute Gasteiger partial charge is 0.491 e. The van der Waals surface area contributed by atoms with E-state index in [9.17, 15) is 4.79 Å². The van der Waals surface area contributed by atoms with Gasteiger partial charge in [0.15, 0.2) is 0 Å². The van der Waals surface area contributed by atoms with Crippen LogP contribution in [0, 0.1) is 0 Å². The van der Waals surface area contributed by atoms with E-state index in [1.807, 2.05) is 77.6 Å². The zero-order valence-corrected chi connectivity index (χ0v) is 15.1. The summed E-state index contributed by atoms with van der Waals surface area (Å²) in [6.45, 7) is 1.32. The highest BCUT2D eigenvalue weighted by Gasteiger charge is 2.04. The molecule has 3 rings (SSSR count). The van der Waals surface area contributed by atoms with Crippen LogP contribution in [0.1, 0.15) is 5.69 Å². The van der Waals surface area contributed by atoms with E-state index in [0.29, 0.717) is 26.2 Å². The van der Waals surface area contributed by atoms with Gasteiger partial charge in [-0.05, 0) is 30.3 Å². The highest BCUT2D eigenvalue weighted by Crippen LogP contribution is 2.08. The van der Waals surface area contributed by atoms with Crippen LogP contribution in [0.5, 0.6) is 5.75 Å². The number of para-hydroxylation sites is 2. The predicted octanol–water partition coefficient (Wildman–Crippen LogP) is 2.63. The molecular formula is C21H23N3O3. The van der Waals surface area contributed by atoms with Gasteiger partial charge in [-0.2, -0.15) is 5.10 Å². The topological polar surface area (TPSA) is 65.4 Å². The van der Waals surface area contributed by atoms with Crippen LogP contribution in [-0.4, -0.2) is 42.1 Å². The number of hydrogen-bond acceptors (Lipinski definition) is 4. The smallest absolute Gasteiger partial charge is 0.246 e. The van der Waals surface area contributed by atoms with Gasteiger partial charge in [-0.1, -0.05) is 36.4 Å². The van der Waals surface area contributed by atoms with E-state index in [2.05, 4.69) is 10.4 Å². The number of carbonyl (C=O) groups is 1. The van der Waals surface area contributed by atoms with Crippen LogP contribution >= 0.6 is 0 Å². The molecule has 0 aliphatic rings. The van der Waals surface area contributed by atoms with E-state index in [1.54, 1.807) is 0 Å². The third kappa shape index (κ3) is 6.27. The highest BCUT2D eigenvalue weighted by atomic mass is 16.5. The third-order valence-corrected chi connectivity index (χ3v) is 3.84. The Morgan fingerprint density at radius 2 is 1.70 bits per heavy atom. The Hall–Kier alpha value is -3.12. The molecule has 3 aromatic rings. The van der Waals surface area contributed by atoms with Crippen molar-refractivity contribution in [2.45, 2.75) is 6.42 Å². The fraction of sp³-hybridized carbons (Fsp3) is 0.238. The maximum absolute atomic E-state index is 11.8. The number of hydrogen-bond donors (Lipinski definition) is 1. The van der Waals surface area contributed by atoms with Gasteiger partial charge < -0.3 is 14.8 Å². The van der Waals surface area contributed by atoms with Crippen LogP contribution in [0.25, 0.3) is 5.69 Å². The van der Waals surface area contributed by atoms with Crippen molar-refractivity contribution >= 4 is 5.91 Å². The van der Waals surface area contributed by atoms with Crippen molar-refractivity contribution in [2.24, 2.45) is 0 Å². The van der Waals surface area contributed by atoms with Crippen LogP contribution < -0.4 is 10.1 Å². The standard InChI is InChI=1S/C21H23N3O3/c25-21(17-26-15-16-27-20-9-5-2-6-10-20)22-13-11-18-12-14-24(23-18)19-7-3-1-4-8-19/h1-10,12,14H,11,13,15-17H2,(H,22,25). The fourth-order valence-electron chi connectivity index (χ4n) is 2.50. The Labute approximate surface area is 158 Å². The van der Waals surface area contributed by atoms with Crippen molar-refractivity contribution in [3.8, 4) is 11.4 Å². The molecule has 0 aliphatic carbocycles. The summed E-state index contributed by atoms with van der Waals surface area (Å²) in [4.78, 5) is 11.8. The quantitative estimate of drug-likeness (QED) is 0.561. The number of ether oxygens (including phenoxy) is 2. The van der Waals surface area contributed by atoms with Crippen molar-refractivity contribution in [2.75, 3.05) is 26.4 Å². The van der Waals surface area contributed by atoms with Crippen molar-refractivity contribution in [3.63, 3.8) is 0 Å². The molecule has 0 unspecified atom stereocenters. The molecule has 2 aromatic carbocycles. The van der Waals surface area contributed by atoms with Gasteiger partial charge in [-0.15, -0.1) is 0 Å². The number of nitrogens with zero attached hydrogens (tertiary/aromatic N) is 2. The first-order valence-electron chi connectivity index (χ1n) is 8.93. The van der Waals surface area contributed by atoms with E-state index in [4.69, 9.17) is 9.47 Å². The molecule has 0 fully saturated rings. The van der Waals surface area contributed by atoms with Crippen molar-refractivity contribution in [3.05, 3.63) is 78.6 Å². The van der Waals surface area contributed by atoms with Crippen LogP contribution in [-0.2, 0) is 16.0 Å². The predicted molar refractivity (Wildman–Crippen MR) is 103 cm³/mol. The van der Waals surface area contributed by atoms with Crippen LogP contribution in [0.3, 0.4) is 0 Å². The molecule has 27 heavy (non-hydrogen) atoms. The summed E-state index contributed by atoms with van der Waals surface area (Å²) in [5.41, 5.74) is 1.94. The van der Waals surface area contributed by atoms with Crippen molar-refractivity contribution in [1.82, 2.24) is 15.1 Å². The Bertz CT molecular complexity index is 819. The van der Waals surface area contributed by atoms with Crippen LogP contribution in [0.2, 0.25) is 0 Å². The van der Waals surface area contributed by atoms with Crippen LogP contribution in [0.4, 0.5) is 0 Å². The lowest BCUT2D eigenvalue weighted by molar-refractivity contribution is -0.125. The molecular weight excluding hydrogens is 342 g/mol. The summed E-state index contributed by atoms with van der Waals surface area (Å²) in [6, 6.07) is 21.4. The zero-order valence-electron chi connectivity index (χ0n) is 15.1. The monoisotopic (exact) mass is 365 g/mol. The van der Waals surface area contributed by atoms with Gasteiger partial charge in [0.2, 0.25) is 5.91 Å². The summed E-state index contributed by atoms with van der Waals surface area (Å²) in [6.07, 6.45) is 2.59. The highest BCUT2D eigenvalue weighted by molar-refractivity contribution is 5.77. The van der Waals surface area contributed by atoms with Crippen LogP contribution in [0.15, 0.2) is 72.9 Å². The Kier molecular flexibility index (Phi) is 7.00. The number of nitrogens with one attached hydrogen (secondary N) is 1. The molecule has 1 amide bonds. The van der Waals surface area contributed by atoms with Gasteiger partial charge in [0.25, 0.3) is 0 Å². The minimum Gasteiger partial charge on any atom is -0.491 e. The number of aromatic nitrogens is 2. The normalized spacial score (nSPS) is 10.5. The van der Waals surface area contributed by atoms with E-state index in [-0.39, 0.29) is 12.5 Å². The molecule has 1 heterocycles. The second-order valence-corrected chi connectivity index (χ2v) is 5.90. The first kappa shape index (κ1) is 18.7. The maximum atomic E-state index is 11.8. The minimum atomic E-state index is -0.141. The van der Waals surface area contributed by atoms with E-state index in [1.165, 1.54) is 0 Å². The van der Waals surface area contributed by atoms with Gasteiger partial charge in [0, 0.05) is 19.2 Å². The van der Waals surface area contributed by atoms with Crippen molar-refractivity contribution in [1.29, 1.82) is 0 Å². The third-order valence-electron chi connectivity index (χ3n) is 3.84. The molecule has 1 N–H and O–H groups in total. The average Bonchev–Trinajstić information content (AvgIpc) is 3.18. The molecule has 0 saturated heterocycles. The van der Waals surface area contributed by atoms with Gasteiger partial charge in [0.1, 0.15) is 19.0 Å². The lowest BCUT2D eigenvalue weighted by Gasteiger charge is -2.07. The van der Waals surface area contributed by atoms with Gasteiger partial charge >= 0.3 is 0 Å². The Morgan fingerprint density at radius 3 is 2.48 bits per heavy atom. The molecule has 0 aliphatic heterocycles. The average molecular weight is 365 g/mol. The lowest BCUT2D eigenvalue weighted by atomic mass is 10.3. The SMILES string of the molecule is O=C(COCCOc1ccccc1)NCCc1ccn(-c2ccccc2)n1. The Morgan fingerprint density at radius 1 is 0.963 bits per heavy atom. The first-order valence-corrected chi connectivity index (χ1v) is 8.93. The molecule has 1 aromatic heterocycles. The lowest BCUT2D eigenvalue weighted by Crippen LogP contribution is -2.30. The number of benzene rings is 2. The second kappa shape index (κ2) is 10.1. The molecule has 0 atom stereocenters. The summed E-state index contributed by atoms with van der Waals surface area (Å²) < 4.78 is 12.6. The molecule has 0 radical (unpaired) electrons. The second-order valence-electron chi connectivity index (χ2n) is 5.90. The summed E-state index contributed by atoms with van der Waals surface area (Å²) in [7, 11) is 0. The van der Waals surface area contributed by atoms with E-state index < -0.39 is 0 Å². The molecule has 0 bridgehead atoms. The van der Waals surface area contributed by atoms with E-state index in [0.717, 1.165) is 17.1 Å². The van der Waals surface area contributed by atoms with Gasteiger partial charge in [0.05, 0.1) is 18.0 Å². The number of carbonyl (C=O) groups excluding carboxylic acids is 1. The first-order chi connectivity index (χ1) is 13.3. The summed E-state index contributed by atoms with van der Waals surface area (Å²) >= 11 is 0. The summed E-state index contributed by atoms with van der Waals surface area (Å²) in [5, 5.41) is 7.34. The van der Waals surface area contributed by atoms with Gasteiger partial charge in [-0.3, -0.25) is 4.79 Å². The molecule has 140 valence electrons. The molecule has 0 saturated carbocycles. The minimum absolute atomic E-state index is 0.0244. The zero-order chi connectivity index (χ0) is 18.7. The van der Waals surface area contributed by atoms with Gasteiger partial charge in [-0.25, -0.2) is 4.68 Å². The number of amides is 1. The molecule has 6 heteroatoms. The van der Waals surface area contributed by atoms with E-state index >= 15 is 0 Å². The Balaban J connectivity index is 1.28. The summed E-state index contributed by atoms with van der Waals surface area (Å²) in [5.74, 6) is 0.651. The fourth-order valence-corrected chi connectivity index (χ4v) is 2.50. The molecule has 6 nitrogen and oxygen atoms in total. The maximum Gasteiger partial charge on any atom is 0.246 e. The van der Waals surface area contributed by atoms with Crippen molar-refractivity contribution < 1.29 is 14.3 Å². The molecule has 0 spiro atoms. The number of rotatable bonds is 10.